The van der Waals surface area contributed by atoms with Crippen molar-refractivity contribution < 1.29 is 4.42 Å². The Morgan fingerprint density at radius 2 is 1.93 bits per heavy atom. The number of anilines is 1. The Hall–Kier alpha value is -2.43. The number of aromatic amines is 1. The highest BCUT2D eigenvalue weighted by molar-refractivity contribution is 6.31. The van der Waals surface area contributed by atoms with Gasteiger partial charge >= 0.3 is 0 Å². The first-order valence-corrected chi connectivity index (χ1v) is 9.85. The number of piperazine rings is 1. The van der Waals surface area contributed by atoms with Crippen LogP contribution in [0.3, 0.4) is 0 Å². The number of furan rings is 1. The molecule has 2 aromatic carbocycles. The van der Waals surface area contributed by atoms with Gasteiger partial charge in [-0.2, -0.15) is 0 Å². The van der Waals surface area contributed by atoms with E-state index in [9.17, 15) is 0 Å². The summed E-state index contributed by atoms with van der Waals surface area (Å²) in [7, 11) is 0. The third-order valence-corrected chi connectivity index (χ3v) is 5.83. The molecule has 0 unspecified atom stereocenters. The molecule has 0 radical (unpaired) electrons. The molecule has 0 bridgehead atoms. The van der Waals surface area contributed by atoms with E-state index in [1.165, 1.54) is 22.0 Å². The predicted molar refractivity (Wildman–Crippen MR) is 112 cm³/mol. The van der Waals surface area contributed by atoms with E-state index in [0.29, 0.717) is 0 Å². The van der Waals surface area contributed by atoms with E-state index in [1.807, 2.05) is 18.2 Å². The summed E-state index contributed by atoms with van der Waals surface area (Å²) in [6, 6.07) is 14.5. The number of nitrogens with zero attached hydrogens (tertiary/aromatic N) is 2. The van der Waals surface area contributed by atoms with Crippen molar-refractivity contribution in [3.63, 3.8) is 0 Å². The predicted octanol–water partition coefficient (Wildman–Crippen LogP) is 4.93. The highest BCUT2D eigenvalue weighted by Gasteiger charge is 2.19. The maximum absolute atomic E-state index is 6.08. The molecule has 0 spiro atoms. The van der Waals surface area contributed by atoms with Crippen LogP contribution in [0.25, 0.3) is 21.9 Å². The van der Waals surface area contributed by atoms with Crippen LogP contribution in [0.1, 0.15) is 5.56 Å². The molecular formula is C22H22ClN3O. The zero-order valence-electron chi connectivity index (χ0n) is 15.1. The highest BCUT2D eigenvalue weighted by atomic mass is 35.5. The number of hydrogen-bond donors (Lipinski definition) is 1. The number of aromatic nitrogens is 1. The molecule has 4 nitrogen and oxygen atoms in total. The lowest BCUT2D eigenvalue weighted by atomic mass is 10.1. The standard InChI is InChI=1S/C22H22ClN3O/c23-18-4-5-19-17(15-24-20(19)14-18)6-8-25-9-11-26(12-10-25)21-3-1-2-16-7-13-27-22(16)21/h1-5,7,13-15,24H,6,8-12H2. The second-order valence-corrected chi connectivity index (χ2v) is 7.64. The molecule has 4 aromatic rings. The topological polar surface area (TPSA) is 35.4 Å². The summed E-state index contributed by atoms with van der Waals surface area (Å²) in [6.07, 6.45) is 4.95. The Bertz CT molecular complexity index is 1080. The molecule has 138 valence electrons. The van der Waals surface area contributed by atoms with E-state index < -0.39 is 0 Å². The van der Waals surface area contributed by atoms with Crippen LogP contribution in [0.5, 0.6) is 0 Å². The second-order valence-electron chi connectivity index (χ2n) is 7.20. The van der Waals surface area contributed by atoms with Gasteiger partial charge in [0, 0.05) is 60.2 Å². The number of para-hydroxylation sites is 1. The third kappa shape index (κ3) is 3.20. The van der Waals surface area contributed by atoms with Gasteiger partial charge in [-0.3, -0.25) is 4.90 Å². The molecule has 0 saturated carbocycles. The van der Waals surface area contributed by atoms with Gasteiger partial charge in [0.1, 0.15) is 0 Å². The van der Waals surface area contributed by atoms with Crippen molar-refractivity contribution in [2.24, 2.45) is 0 Å². The van der Waals surface area contributed by atoms with Crippen LogP contribution in [0.2, 0.25) is 5.02 Å². The summed E-state index contributed by atoms with van der Waals surface area (Å²) in [5, 5.41) is 3.23. The van der Waals surface area contributed by atoms with Crippen LogP contribution in [0.15, 0.2) is 59.3 Å². The molecule has 1 saturated heterocycles. The molecule has 0 aliphatic carbocycles. The Kier molecular flexibility index (Phi) is 4.30. The highest BCUT2D eigenvalue weighted by Crippen LogP contribution is 2.28. The molecule has 5 heteroatoms. The van der Waals surface area contributed by atoms with Crippen LogP contribution in [-0.2, 0) is 6.42 Å². The van der Waals surface area contributed by atoms with E-state index in [4.69, 9.17) is 16.0 Å². The van der Waals surface area contributed by atoms with E-state index >= 15 is 0 Å². The summed E-state index contributed by atoms with van der Waals surface area (Å²) >= 11 is 6.08. The molecule has 1 N–H and O–H groups in total. The zero-order valence-corrected chi connectivity index (χ0v) is 15.9. The lowest BCUT2D eigenvalue weighted by Crippen LogP contribution is -2.47. The van der Waals surface area contributed by atoms with Crippen molar-refractivity contribution in [2.45, 2.75) is 6.42 Å². The van der Waals surface area contributed by atoms with Crippen LogP contribution >= 0.6 is 11.6 Å². The van der Waals surface area contributed by atoms with E-state index in [0.717, 1.165) is 55.3 Å². The maximum atomic E-state index is 6.08. The van der Waals surface area contributed by atoms with Crippen molar-refractivity contribution in [1.82, 2.24) is 9.88 Å². The van der Waals surface area contributed by atoms with Gasteiger partial charge in [-0.1, -0.05) is 29.8 Å². The zero-order chi connectivity index (χ0) is 18.2. The molecule has 1 aliphatic heterocycles. The Morgan fingerprint density at radius 3 is 2.81 bits per heavy atom. The molecule has 1 aliphatic rings. The monoisotopic (exact) mass is 379 g/mol. The van der Waals surface area contributed by atoms with E-state index in [-0.39, 0.29) is 0 Å². The minimum Gasteiger partial charge on any atom is -0.462 e. The number of nitrogens with one attached hydrogen (secondary N) is 1. The summed E-state index contributed by atoms with van der Waals surface area (Å²) in [5.74, 6) is 0. The normalized spacial score (nSPS) is 15.8. The summed E-state index contributed by atoms with van der Waals surface area (Å²) in [6.45, 7) is 5.29. The average molecular weight is 380 g/mol. The quantitative estimate of drug-likeness (QED) is 0.546. The second kappa shape index (κ2) is 6.95. The largest absolute Gasteiger partial charge is 0.462 e. The fourth-order valence-electron chi connectivity index (χ4n) is 4.08. The Morgan fingerprint density at radius 1 is 1.04 bits per heavy atom. The van der Waals surface area contributed by atoms with E-state index in [2.05, 4.69) is 45.2 Å². The summed E-state index contributed by atoms with van der Waals surface area (Å²) in [4.78, 5) is 8.33. The third-order valence-electron chi connectivity index (χ3n) is 5.60. The molecule has 0 atom stereocenters. The lowest BCUT2D eigenvalue weighted by Gasteiger charge is -2.36. The molecule has 2 aromatic heterocycles. The Labute approximate surface area is 163 Å². The number of fused-ring (bicyclic) bond motifs is 2. The minimum absolute atomic E-state index is 0.776. The van der Waals surface area contributed by atoms with Gasteiger partial charge in [-0.15, -0.1) is 0 Å². The fourth-order valence-corrected chi connectivity index (χ4v) is 4.25. The molecule has 3 heterocycles. The SMILES string of the molecule is Clc1ccc2c(CCN3CCN(c4cccc5ccoc45)CC3)c[nH]c2c1. The number of hydrogen-bond acceptors (Lipinski definition) is 3. The smallest absolute Gasteiger partial charge is 0.157 e. The fraction of sp³-hybridized carbons (Fsp3) is 0.273. The first kappa shape index (κ1) is 16.7. The number of benzene rings is 2. The van der Waals surface area contributed by atoms with Gasteiger partial charge in [-0.05, 0) is 36.2 Å². The summed E-state index contributed by atoms with van der Waals surface area (Å²) in [5.41, 5.74) is 4.70. The molecule has 27 heavy (non-hydrogen) atoms. The van der Waals surface area contributed by atoms with Crippen LogP contribution in [0, 0.1) is 0 Å². The van der Waals surface area contributed by atoms with Gasteiger partial charge in [0.15, 0.2) is 5.58 Å². The molecule has 0 amide bonds. The van der Waals surface area contributed by atoms with Crippen molar-refractivity contribution >= 4 is 39.2 Å². The minimum atomic E-state index is 0.776. The van der Waals surface area contributed by atoms with Gasteiger partial charge in [0.25, 0.3) is 0 Å². The summed E-state index contributed by atoms with van der Waals surface area (Å²) < 4.78 is 5.71. The van der Waals surface area contributed by atoms with Crippen molar-refractivity contribution in [3.8, 4) is 0 Å². The van der Waals surface area contributed by atoms with E-state index in [1.54, 1.807) is 6.26 Å². The van der Waals surface area contributed by atoms with Crippen molar-refractivity contribution in [3.05, 3.63) is 65.5 Å². The number of halogens is 1. The van der Waals surface area contributed by atoms with Gasteiger partial charge in [0.05, 0.1) is 12.0 Å². The number of rotatable bonds is 4. The van der Waals surface area contributed by atoms with Crippen molar-refractivity contribution in [2.75, 3.05) is 37.6 Å². The average Bonchev–Trinajstić information content (AvgIpc) is 3.33. The molecule has 5 rings (SSSR count). The number of H-pyrrole nitrogens is 1. The van der Waals surface area contributed by atoms with Crippen LogP contribution in [0.4, 0.5) is 5.69 Å². The van der Waals surface area contributed by atoms with Gasteiger partial charge < -0.3 is 14.3 Å². The van der Waals surface area contributed by atoms with Gasteiger partial charge in [-0.25, -0.2) is 0 Å². The van der Waals surface area contributed by atoms with Crippen LogP contribution < -0.4 is 4.90 Å². The molecule has 1 fully saturated rings. The molecular weight excluding hydrogens is 358 g/mol. The van der Waals surface area contributed by atoms with Crippen LogP contribution in [-0.4, -0.2) is 42.6 Å². The van der Waals surface area contributed by atoms with Crippen molar-refractivity contribution in [1.29, 1.82) is 0 Å². The van der Waals surface area contributed by atoms with Gasteiger partial charge in [0.2, 0.25) is 0 Å². The Balaban J connectivity index is 1.22. The maximum Gasteiger partial charge on any atom is 0.157 e. The lowest BCUT2D eigenvalue weighted by molar-refractivity contribution is 0.261. The first-order chi connectivity index (χ1) is 13.3. The first-order valence-electron chi connectivity index (χ1n) is 9.47.